The average molecular weight is 325 g/mol. The van der Waals surface area contributed by atoms with Gasteiger partial charge in [-0.2, -0.15) is 0 Å². The number of benzene rings is 1. The lowest BCUT2D eigenvalue weighted by atomic mass is 9.97. The van der Waals surface area contributed by atoms with E-state index >= 15 is 0 Å². The van der Waals surface area contributed by atoms with E-state index in [1.165, 1.54) is 17.4 Å². The van der Waals surface area contributed by atoms with Crippen molar-refractivity contribution in [2.24, 2.45) is 0 Å². The number of aryl methyl sites for hydroxylation is 1. The molecule has 1 atom stereocenters. The summed E-state index contributed by atoms with van der Waals surface area (Å²) in [5.41, 5.74) is 1.66. The van der Waals surface area contributed by atoms with E-state index in [1.54, 1.807) is 23.5 Å². The Morgan fingerprint density at radius 3 is 3.10 bits per heavy atom. The Labute approximate surface area is 133 Å². The maximum Gasteiger partial charge on any atom is 0.134 e. The van der Waals surface area contributed by atoms with E-state index in [9.17, 15) is 4.39 Å². The van der Waals surface area contributed by atoms with E-state index in [-0.39, 0.29) is 5.82 Å². The van der Waals surface area contributed by atoms with Gasteiger partial charge in [-0.15, -0.1) is 11.3 Å². The molecule has 0 spiro atoms. The van der Waals surface area contributed by atoms with E-state index in [2.05, 4.69) is 12.2 Å². The lowest BCUT2D eigenvalue weighted by Gasteiger charge is -2.22. The fraction of sp³-hybridized carbons (Fsp3) is 0.438. The van der Waals surface area contributed by atoms with Gasteiger partial charge in [0.15, 0.2) is 0 Å². The second kappa shape index (κ2) is 6.42. The summed E-state index contributed by atoms with van der Waals surface area (Å²) in [6.07, 6.45) is 4.43. The van der Waals surface area contributed by atoms with Gasteiger partial charge in [-0.1, -0.05) is 18.5 Å². The summed E-state index contributed by atoms with van der Waals surface area (Å²) in [6.45, 7) is 3.15. The van der Waals surface area contributed by atoms with E-state index in [0.29, 0.717) is 16.6 Å². The lowest BCUT2D eigenvalue weighted by molar-refractivity contribution is 0.454. The minimum absolute atomic E-state index is 0.299. The van der Waals surface area contributed by atoms with E-state index < -0.39 is 0 Å². The van der Waals surface area contributed by atoms with Crippen LogP contribution in [-0.4, -0.2) is 11.5 Å². The molecular formula is C16H18ClFN2S. The van der Waals surface area contributed by atoms with Crippen LogP contribution in [0.4, 0.5) is 4.39 Å². The first-order chi connectivity index (χ1) is 10.2. The molecule has 0 radical (unpaired) electrons. The van der Waals surface area contributed by atoms with Crippen LogP contribution in [0.5, 0.6) is 0 Å². The number of aromatic nitrogens is 1. The van der Waals surface area contributed by atoms with Crippen LogP contribution in [0, 0.1) is 5.82 Å². The maximum absolute atomic E-state index is 14.1. The molecule has 1 aromatic carbocycles. The van der Waals surface area contributed by atoms with Crippen LogP contribution >= 0.6 is 22.9 Å². The largest absolute Gasteiger partial charge is 0.309 e. The third-order valence-electron chi connectivity index (χ3n) is 3.76. The smallest absolute Gasteiger partial charge is 0.134 e. The summed E-state index contributed by atoms with van der Waals surface area (Å²) in [5, 5.41) is 4.73. The fourth-order valence-electron chi connectivity index (χ4n) is 2.71. The molecule has 0 bridgehead atoms. The van der Waals surface area contributed by atoms with Crippen molar-refractivity contribution in [1.82, 2.24) is 10.3 Å². The first kappa shape index (κ1) is 14.9. The van der Waals surface area contributed by atoms with Gasteiger partial charge >= 0.3 is 0 Å². The zero-order valence-corrected chi connectivity index (χ0v) is 13.5. The van der Waals surface area contributed by atoms with E-state index in [1.807, 2.05) is 0 Å². The van der Waals surface area contributed by atoms with Gasteiger partial charge in [0.25, 0.3) is 0 Å². The fourth-order valence-corrected chi connectivity index (χ4v) is 4.06. The molecule has 0 fully saturated rings. The predicted molar refractivity (Wildman–Crippen MR) is 86.5 cm³/mol. The highest BCUT2D eigenvalue weighted by atomic mass is 35.5. The van der Waals surface area contributed by atoms with Crippen molar-refractivity contribution in [1.29, 1.82) is 0 Å². The Morgan fingerprint density at radius 1 is 1.48 bits per heavy atom. The van der Waals surface area contributed by atoms with Crippen LogP contribution in [0.1, 0.15) is 42.8 Å². The lowest BCUT2D eigenvalue weighted by Crippen LogP contribution is -2.25. The van der Waals surface area contributed by atoms with Crippen molar-refractivity contribution in [2.45, 2.75) is 38.6 Å². The van der Waals surface area contributed by atoms with Gasteiger partial charge in [-0.25, -0.2) is 9.37 Å². The summed E-state index contributed by atoms with van der Waals surface area (Å²) in [5.74, 6) is -0.299. The Balaban J connectivity index is 1.94. The maximum atomic E-state index is 14.1. The predicted octanol–water partition coefficient (Wildman–Crippen LogP) is 4.98. The zero-order chi connectivity index (χ0) is 14.8. The molecule has 0 aliphatic heterocycles. The van der Waals surface area contributed by atoms with E-state index in [4.69, 9.17) is 16.6 Å². The number of thiazole rings is 1. The van der Waals surface area contributed by atoms with Crippen molar-refractivity contribution in [3.63, 3.8) is 0 Å². The molecule has 1 heterocycles. The zero-order valence-electron chi connectivity index (χ0n) is 12.0. The molecular weight excluding hydrogens is 307 g/mol. The Morgan fingerprint density at radius 2 is 2.33 bits per heavy atom. The van der Waals surface area contributed by atoms with Gasteiger partial charge < -0.3 is 5.32 Å². The number of nitrogens with zero attached hydrogens (tertiary/aromatic N) is 1. The Hall–Kier alpha value is -0.970. The normalized spacial score (nSPS) is 17.8. The summed E-state index contributed by atoms with van der Waals surface area (Å²) < 4.78 is 14.1. The molecule has 1 unspecified atom stereocenters. The number of halogens is 2. The van der Waals surface area contributed by atoms with Crippen LogP contribution in [0.25, 0.3) is 10.6 Å². The molecule has 1 aliphatic carbocycles. The molecule has 0 saturated carbocycles. The highest BCUT2D eigenvalue weighted by molar-refractivity contribution is 7.15. The van der Waals surface area contributed by atoms with Crippen LogP contribution < -0.4 is 5.32 Å². The van der Waals surface area contributed by atoms with Crippen LogP contribution in [0.15, 0.2) is 18.2 Å². The Bertz CT molecular complexity index is 641. The van der Waals surface area contributed by atoms with Gasteiger partial charge in [0, 0.05) is 15.5 Å². The van der Waals surface area contributed by atoms with Gasteiger partial charge in [0.05, 0.1) is 11.7 Å². The highest BCUT2D eigenvalue weighted by Gasteiger charge is 2.25. The standard InChI is InChI=1S/C16H18ClFN2S/c1-2-8-19-13-4-3-5-14-15(13)20-16(21-14)11-7-6-10(17)9-12(11)18/h6-7,9,13,19H,2-5,8H2,1H3. The molecule has 0 saturated heterocycles. The van der Waals surface area contributed by atoms with Gasteiger partial charge in [0.1, 0.15) is 10.8 Å². The molecule has 5 heteroatoms. The first-order valence-corrected chi connectivity index (χ1v) is 8.57. The molecule has 2 aromatic rings. The van der Waals surface area contributed by atoms with Crippen molar-refractivity contribution in [3.05, 3.63) is 39.6 Å². The number of nitrogens with one attached hydrogen (secondary N) is 1. The second-order valence-electron chi connectivity index (χ2n) is 5.35. The van der Waals surface area contributed by atoms with Crippen molar-refractivity contribution in [3.8, 4) is 10.6 Å². The number of rotatable bonds is 4. The van der Waals surface area contributed by atoms with Crippen molar-refractivity contribution >= 4 is 22.9 Å². The topological polar surface area (TPSA) is 24.9 Å². The van der Waals surface area contributed by atoms with Crippen LogP contribution in [-0.2, 0) is 6.42 Å². The minimum atomic E-state index is -0.299. The summed E-state index contributed by atoms with van der Waals surface area (Å²) in [7, 11) is 0. The van der Waals surface area contributed by atoms with Gasteiger partial charge in [-0.05, 0) is 50.4 Å². The van der Waals surface area contributed by atoms with Crippen molar-refractivity contribution < 1.29 is 4.39 Å². The number of hydrogen-bond donors (Lipinski definition) is 1. The first-order valence-electron chi connectivity index (χ1n) is 7.37. The molecule has 1 aliphatic rings. The third-order valence-corrected chi connectivity index (χ3v) is 5.16. The molecule has 0 amide bonds. The summed E-state index contributed by atoms with van der Waals surface area (Å²) in [6, 6.07) is 5.10. The molecule has 3 rings (SSSR count). The number of fused-ring (bicyclic) bond motifs is 1. The average Bonchev–Trinajstić information content (AvgIpc) is 2.89. The summed E-state index contributed by atoms with van der Waals surface area (Å²) in [4.78, 5) is 6.01. The monoisotopic (exact) mass is 324 g/mol. The number of hydrogen-bond acceptors (Lipinski definition) is 3. The molecule has 1 aromatic heterocycles. The molecule has 21 heavy (non-hydrogen) atoms. The van der Waals surface area contributed by atoms with Crippen LogP contribution in [0.3, 0.4) is 0 Å². The molecule has 112 valence electrons. The quantitative estimate of drug-likeness (QED) is 0.858. The van der Waals surface area contributed by atoms with Crippen molar-refractivity contribution in [2.75, 3.05) is 6.54 Å². The third kappa shape index (κ3) is 3.12. The van der Waals surface area contributed by atoms with Gasteiger partial charge in [0.2, 0.25) is 0 Å². The minimum Gasteiger partial charge on any atom is -0.309 e. The Kier molecular flexibility index (Phi) is 4.57. The summed E-state index contributed by atoms with van der Waals surface area (Å²) >= 11 is 7.43. The molecule has 1 N–H and O–H groups in total. The highest BCUT2D eigenvalue weighted by Crippen LogP contribution is 2.38. The van der Waals surface area contributed by atoms with Crippen LogP contribution in [0.2, 0.25) is 5.02 Å². The molecule has 2 nitrogen and oxygen atoms in total. The van der Waals surface area contributed by atoms with Gasteiger partial charge in [-0.3, -0.25) is 0 Å². The SMILES string of the molecule is CCCNC1CCCc2sc(-c3ccc(Cl)cc3F)nc21. The van der Waals surface area contributed by atoms with E-state index in [0.717, 1.165) is 36.5 Å². The second-order valence-corrected chi connectivity index (χ2v) is 6.87.